The predicted molar refractivity (Wildman–Crippen MR) is 182 cm³/mol. The molecule has 14 heteroatoms. The van der Waals surface area contributed by atoms with Gasteiger partial charge in [0.25, 0.3) is 5.91 Å². The minimum Gasteiger partial charge on any atom is -0.491 e. The number of ether oxygens (including phenoxy) is 2. The second-order valence-corrected chi connectivity index (χ2v) is 15.9. The van der Waals surface area contributed by atoms with Crippen molar-refractivity contribution in [2.24, 2.45) is 16.2 Å². The standard InChI is InChI=1S/C35H42ClF3N4O5S/c1-47-30-8-3-2-6-18-49(46,42-33(45)40-34(15-16-34)35(37,38)39)41-32(44)24-11-14-31-29(20-24)43(22-26-10-13-28(26)30)21-25-9-12-27(36)19-23(25)7-4-5-17-48-31/h3,8-9,11-12,14,19-20,26,28,30H,2,4-7,10,13,15-18,21-22H2,1H3,(H2,40,41,42,44,45,46)/b8-3+/t26-,28+,30-,49?/m0/s1. The molecule has 2 heterocycles. The predicted octanol–water partition coefficient (Wildman–Crippen LogP) is 7.37. The van der Waals surface area contributed by atoms with Crippen LogP contribution in [-0.2, 0) is 27.6 Å². The normalized spacial score (nSPS) is 27.8. The number of amides is 3. The van der Waals surface area contributed by atoms with Crippen LogP contribution in [0.4, 0.5) is 23.7 Å². The Kier molecular flexibility index (Phi) is 10.5. The van der Waals surface area contributed by atoms with Gasteiger partial charge in [-0.15, -0.1) is 4.36 Å². The van der Waals surface area contributed by atoms with Crippen molar-refractivity contribution in [2.45, 2.75) is 82.2 Å². The van der Waals surface area contributed by atoms with Crippen LogP contribution in [-0.4, -0.2) is 60.0 Å². The smallest absolute Gasteiger partial charge is 0.411 e. The van der Waals surface area contributed by atoms with Crippen LogP contribution in [0.1, 0.15) is 72.9 Å². The Morgan fingerprint density at radius 1 is 1.12 bits per heavy atom. The van der Waals surface area contributed by atoms with Crippen LogP contribution in [0.25, 0.3) is 0 Å². The molecule has 2 aromatic rings. The van der Waals surface area contributed by atoms with E-state index in [9.17, 15) is 27.0 Å². The number of carbonyl (C=O) groups is 2. The third kappa shape index (κ3) is 8.20. The molecule has 2 bridgehead atoms. The van der Waals surface area contributed by atoms with Crippen molar-refractivity contribution >= 4 is 39.1 Å². The molecule has 49 heavy (non-hydrogen) atoms. The second-order valence-electron chi connectivity index (χ2n) is 13.4. The average Bonchev–Trinajstić information content (AvgIpc) is 3.82. The molecule has 2 aliphatic carbocycles. The van der Waals surface area contributed by atoms with Crippen LogP contribution < -0.4 is 19.7 Å². The Labute approximate surface area is 290 Å². The number of fused-ring (bicyclic) bond motifs is 3. The molecule has 2 aromatic carbocycles. The molecule has 3 amide bonds. The lowest BCUT2D eigenvalue weighted by Gasteiger charge is -2.43. The second kappa shape index (κ2) is 14.5. The van der Waals surface area contributed by atoms with Gasteiger partial charge in [-0.05, 0) is 111 Å². The lowest BCUT2D eigenvalue weighted by molar-refractivity contribution is -0.162. The fraction of sp³-hybridized carbons (Fsp3) is 0.543. The molecule has 4 aliphatic rings. The van der Waals surface area contributed by atoms with E-state index in [0.717, 1.165) is 43.2 Å². The molecule has 2 N–H and O–H groups in total. The van der Waals surface area contributed by atoms with Crippen molar-refractivity contribution in [1.29, 1.82) is 0 Å². The van der Waals surface area contributed by atoms with Crippen LogP contribution in [0.15, 0.2) is 52.9 Å². The first-order valence-electron chi connectivity index (χ1n) is 16.8. The molecule has 1 unspecified atom stereocenters. The number of benzene rings is 2. The summed E-state index contributed by atoms with van der Waals surface area (Å²) < 4.78 is 73.0. The van der Waals surface area contributed by atoms with Crippen molar-refractivity contribution in [1.82, 2.24) is 10.0 Å². The third-order valence-electron chi connectivity index (χ3n) is 10.0. The Bertz CT molecular complexity index is 1720. The molecule has 0 aromatic heterocycles. The zero-order valence-electron chi connectivity index (χ0n) is 27.4. The number of hydrogen-bond donors (Lipinski definition) is 2. The number of hydrogen-bond acceptors (Lipinski definition) is 6. The number of nitrogens with zero attached hydrogens (tertiary/aromatic N) is 2. The van der Waals surface area contributed by atoms with Crippen molar-refractivity contribution in [3.63, 3.8) is 0 Å². The number of carbonyl (C=O) groups excluding carboxylic acids is 2. The fourth-order valence-electron chi connectivity index (χ4n) is 6.91. The molecule has 2 aliphatic heterocycles. The SMILES string of the molecule is CO[C@H]1/C=C/CCCS(=O)(NC(=O)NC2(C(F)(F)F)CC2)=NC(=O)c2ccc3c(c2)N(Cc2ccc(Cl)cc2CCCCO3)C[C@@H]2CC[C@H]21. The van der Waals surface area contributed by atoms with Gasteiger partial charge in [-0.2, -0.15) is 13.2 Å². The highest BCUT2D eigenvalue weighted by molar-refractivity contribution is 7.92. The van der Waals surface area contributed by atoms with Crippen LogP contribution in [0.2, 0.25) is 5.02 Å². The summed E-state index contributed by atoms with van der Waals surface area (Å²) in [5, 5.41) is 2.60. The summed E-state index contributed by atoms with van der Waals surface area (Å²) >= 11 is 6.41. The van der Waals surface area contributed by atoms with Crippen molar-refractivity contribution < 1.29 is 36.4 Å². The first-order chi connectivity index (χ1) is 23.4. The highest BCUT2D eigenvalue weighted by Gasteiger charge is 2.64. The van der Waals surface area contributed by atoms with Crippen molar-refractivity contribution in [3.8, 4) is 5.75 Å². The highest BCUT2D eigenvalue weighted by atomic mass is 35.5. The summed E-state index contributed by atoms with van der Waals surface area (Å²) in [7, 11) is -2.14. The zero-order chi connectivity index (χ0) is 34.8. The van der Waals surface area contributed by atoms with E-state index in [0.29, 0.717) is 48.5 Å². The monoisotopic (exact) mass is 722 g/mol. The Hall–Kier alpha value is -3.29. The molecule has 2 fully saturated rings. The molecule has 0 radical (unpaired) electrons. The van der Waals surface area contributed by atoms with Crippen LogP contribution >= 0.6 is 11.6 Å². The molecular formula is C35H42ClF3N4O5S. The number of alkyl halides is 3. The number of allylic oxidation sites excluding steroid dienone is 1. The summed E-state index contributed by atoms with van der Waals surface area (Å²) in [5.41, 5.74) is 0.679. The van der Waals surface area contributed by atoms with E-state index in [1.807, 2.05) is 35.7 Å². The Morgan fingerprint density at radius 3 is 2.65 bits per heavy atom. The van der Waals surface area contributed by atoms with Gasteiger partial charge >= 0.3 is 12.2 Å². The van der Waals surface area contributed by atoms with Gasteiger partial charge in [0.1, 0.15) is 21.2 Å². The quantitative estimate of drug-likeness (QED) is 0.321. The minimum absolute atomic E-state index is 0.120. The topological polar surface area (TPSA) is 109 Å². The molecule has 0 spiro atoms. The number of aryl methyl sites for hydroxylation is 1. The zero-order valence-corrected chi connectivity index (χ0v) is 29.0. The maximum atomic E-state index is 14.1. The number of anilines is 1. The largest absolute Gasteiger partial charge is 0.491 e. The van der Waals surface area contributed by atoms with Gasteiger partial charge in [0, 0.05) is 30.8 Å². The van der Waals surface area contributed by atoms with Gasteiger partial charge in [-0.1, -0.05) is 29.8 Å². The maximum absolute atomic E-state index is 14.1. The Morgan fingerprint density at radius 2 is 1.94 bits per heavy atom. The summed E-state index contributed by atoms with van der Waals surface area (Å²) in [5.74, 6) is 0.0513. The molecule has 4 atom stereocenters. The Balaban J connectivity index is 1.40. The molecular weight excluding hydrogens is 681 g/mol. The number of urea groups is 1. The summed E-state index contributed by atoms with van der Waals surface area (Å²) in [6, 6.07) is 9.55. The van der Waals surface area contributed by atoms with Crippen molar-refractivity contribution in [2.75, 3.05) is 30.9 Å². The van der Waals surface area contributed by atoms with Gasteiger partial charge in [-0.25, -0.2) is 9.00 Å². The van der Waals surface area contributed by atoms with E-state index in [4.69, 9.17) is 21.1 Å². The maximum Gasteiger partial charge on any atom is 0.411 e. The fourth-order valence-corrected chi connectivity index (χ4v) is 8.62. The molecule has 2 saturated carbocycles. The van der Waals surface area contributed by atoms with Gasteiger partial charge in [0.15, 0.2) is 0 Å². The minimum atomic E-state index is -4.66. The van der Waals surface area contributed by atoms with E-state index in [1.165, 1.54) is 6.07 Å². The average molecular weight is 723 g/mol. The first-order valence-corrected chi connectivity index (χ1v) is 18.9. The van der Waals surface area contributed by atoms with Crippen molar-refractivity contribution in [3.05, 3.63) is 70.3 Å². The van der Waals surface area contributed by atoms with Crippen LogP contribution in [0.5, 0.6) is 5.75 Å². The summed E-state index contributed by atoms with van der Waals surface area (Å²) in [6.45, 7) is 1.64. The van der Waals surface area contributed by atoms with Crippen LogP contribution in [0.3, 0.4) is 0 Å². The molecule has 0 saturated heterocycles. The first kappa shape index (κ1) is 35.5. The van der Waals surface area contributed by atoms with Gasteiger partial charge in [-0.3, -0.25) is 9.52 Å². The van der Waals surface area contributed by atoms with Gasteiger partial charge in [0.2, 0.25) is 0 Å². The van der Waals surface area contributed by atoms with E-state index in [2.05, 4.69) is 14.0 Å². The van der Waals surface area contributed by atoms with Gasteiger partial charge in [0.05, 0.1) is 24.2 Å². The number of methoxy groups -OCH3 is 1. The summed E-state index contributed by atoms with van der Waals surface area (Å²) in [4.78, 5) is 28.7. The third-order valence-corrected chi connectivity index (χ3v) is 12.1. The van der Waals surface area contributed by atoms with Crippen LogP contribution in [0, 0.1) is 11.8 Å². The lowest BCUT2D eigenvalue weighted by atomic mass is 9.70. The van der Waals surface area contributed by atoms with E-state index >= 15 is 0 Å². The molecule has 266 valence electrons. The van der Waals surface area contributed by atoms with E-state index < -0.39 is 33.6 Å². The highest BCUT2D eigenvalue weighted by Crippen LogP contribution is 2.49. The van der Waals surface area contributed by atoms with E-state index in [-0.39, 0.29) is 42.6 Å². The summed E-state index contributed by atoms with van der Waals surface area (Å²) in [6.07, 6.45) is 3.79. The molecule has 6 rings (SSSR count). The van der Waals surface area contributed by atoms with Gasteiger partial charge < -0.3 is 19.7 Å². The number of nitrogens with one attached hydrogen (secondary N) is 2. The number of halogens is 4. The molecule has 9 nitrogen and oxygen atoms in total. The van der Waals surface area contributed by atoms with E-state index in [1.54, 1.807) is 19.2 Å². The lowest BCUT2D eigenvalue weighted by Crippen LogP contribution is -2.52. The number of rotatable bonds is 3.